The fourth-order valence-corrected chi connectivity index (χ4v) is 1.77. The maximum Gasteiger partial charge on any atom is 0.252 e. The van der Waals surface area contributed by atoms with E-state index >= 15 is 0 Å². The third-order valence-corrected chi connectivity index (χ3v) is 2.67. The van der Waals surface area contributed by atoms with Gasteiger partial charge in [0, 0.05) is 24.4 Å². The third-order valence-electron chi connectivity index (χ3n) is 2.67. The number of hydrogen-bond acceptors (Lipinski definition) is 3. The molecule has 0 atom stereocenters. The second kappa shape index (κ2) is 4.33. The van der Waals surface area contributed by atoms with E-state index in [0.29, 0.717) is 11.4 Å². The summed E-state index contributed by atoms with van der Waals surface area (Å²) < 4.78 is 6.83. The second-order valence-corrected chi connectivity index (χ2v) is 3.77. The molecule has 0 saturated carbocycles. The predicted molar refractivity (Wildman–Crippen MR) is 68.1 cm³/mol. The smallest absolute Gasteiger partial charge is 0.252 e. The molecular formula is C13H14N2O2. The first-order valence-electron chi connectivity index (χ1n) is 5.23. The highest BCUT2D eigenvalue weighted by Gasteiger charge is 2.09. The van der Waals surface area contributed by atoms with Crippen LogP contribution in [0, 0.1) is 0 Å². The van der Waals surface area contributed by atoms with E-state index in [4.69, 9.17) is 10.5 Å². The highest BCUT2D eigenvalue weighted by atomic mass is 16.5. The van der Waals surface area contributed by atoms with E-state index in [2.05, 4.69) is 0 Å². The van der Waals surface area contributed by atoms with E-state index < -0.39 is 0 Å². The zero-order valence-electron chi connectivity index (χ0n) is 9.81. The van der Waals surface area contributed by atoms with Gasteiger partial charge >= 0.3 is 0 Å². The van der Waals surface area contributed by atoms with Crippen LogP contribution in [0.25, 0.3) is 11.3 Å². The summed E-state index contributed by atoms with van der Waals surface area (Å²) in [7, 11) is 3.31. The highest BCUT2D eigenvalue weighted by molar-refractivity contribution is 5.69. The maximum absolute atomic E-state index is 11.7. The number of benzene rings is 1. The summed E-state index contributed by atoms with van der Waals surface area (Å²) in [5.41, 5.74) is 7.61. The molecule has 17 heavy (non-hydrogen) atoms. The minimum Gasteiger partial charge on any atom is -0.496 e. The van der Waals surface area contributed by atoms with Gasteiger partial charge in [-0.05, 0) is 18.2 Å². The van der Waals surface area contributed by atoms with Crippen molar-refractivity contribution in [3.05, 3.63) is 46.8 Å². The van der Waals surface area contributed by atoms with Crippen molar-refractivity contribution in [2.75, 3.05) is 12.8 Å². The summed E-state index contributed by atoms with van der Waals surface area (Å²) in [5, 5.41) is 0. The van der Waals surface area contributed by atoms with Crippen molar-refractivity contribution >= 4 is 5.69 Å². The van der Waals surface area contributed by atoms with Crippen LogP contribution in [0.15, 0.2) is 41.2 Å². The minimum atomic E-state index is -0.133. The molecule has 2 rings (SSSR count). The topological polar surface area (TPSA) is 57.2 Å². The standard InChI is InChI=1S/C13H14N2O2/c1-15-11(7-9(14)8-13(15)16)10-5-3-4-6-12(10)17-2/h3-8H,14H2,1-2H3. The van der Waals surface area contributed by atoms with E-state index in [-0.39, 0.29) is 5.56 Å². The normalized spacial score (nSPS) is 10.2. The molecule has 0 radical (unpaired) electrons. The molecule has 0 amide bonds. The largest absolute Gasteiger partial charge is 0.496 e. The Labute approximate surface area is 99.3 Å². The lowest BCUT2D eigenvalue weighted by molar-refractivity contribution is 0.416. The highest BCUT2D eigenvalue weighted by Crippen LogP contribution is 2.29. The SMILES string of the molecule is COc1ccccc1-c1cc(N)cc(=O)n1C. The summed E-state index contributed by atoms with van der Waals surface area (Å²) in [5.74, 6) is 0.716. The first-order valence-corrected chi connectivity index (χ1v) is 5.23. The number of nitrogens with zero attached hydrogens (tertiary/aromatic N) is 1. The van der Waals surface area contributed by atoms with Crippen molar-refractivity contribution in [1.29, 1.82) is 0 Å². The second-order valence-electron chi connectivity index (χ2n) is 3.77. The number of methoxy groups -OCH3 is 1. The Morgan fingerprint density at radius 3 is 2.65 bits per heavy atom. The molecule has 88 valence electrons. The monoisotopic (exact) mass is 230 g/mol. The molecule has 0 spiro atoms. The average molecular weight is 230 g/mol. The van der Waals surface area contributed by atoms with Gasteiger partial charge in [-0.2, -0.15) is 0 Å². The molecule has 0 saturated heterocycles. The Morgan fingerprint density at radius 2 is 1.94 bits per heavy atom. The van der Waals surface area contributed by atoms with Gasteiger partial charge in [0.2, 0.25) is 0 Å². The number of hydrogen-bond donors (Lipinski definition) is 1. The Bertz CT molecular complexity index is 603. The van der Waals surface area contributed by atoms with Crippen LogP contribution in [0.2, 0.25) is 0 Å². The van der Waals surface area contributed by atoms with Gasteiger partial charge in [-0.15, -0.1) is 0 Å². The Balaban J connectivity index is 2.72. The van der Waals surface area contributed by atoms with Gasteiger partial charge in [0.05, 0.1) is 12.8 Å². The van der Waals surface area contributed by atoms with Crippen LogP contribution in [0.5, 0.6) is 5.75 Å². The molecule has 4 nitrogen and oxygen atoms in total. The van der Waals surface area contributed by atoms with Crippen molar-refractivity contribution in [3.63, 3.8) is 0 Å². The summed E-state index contributed by atoms with van der Waals surface area (Å²) in [6.45, 7) is 0. The van der Waals surface area contributed by atoms with Gasteiger partial charge < -0.3 is 15.0 Å². The first-order chi connectivity index (χ1) is 8.13. The Kier molecular flexibility index (Phi) is 2.87. The number of ether oxygens (including phenoxy) is 1. The first kappa shape index (κ1) is 11.3. The van der Waals surface area contributed by atoms with E-state index in [1.165, 1.54) is 6.07 Å². The summed E-state index contributed by atoms with van der Waals surface area (Å²) >= 11 is 0. The van der Waals surface area contributed by atoms with E-state index in [1.807, 2.05) is 24.3 Å². The predicted octanol–water partition coefficient (Wildman–Crippen LogP) is 1.64. The number of para-hydroxylation sites is 1. The van der Waals surface area contributed by atoms with Crippen molar-refractivity contribution in [1.82, 2.24) is 4.57 Å². The average Bonchev–Trinajstić information content (AvgIpc) is 2.33. The van der Waals surface area contributed by atoms with Gasteiger partial charge in [-0.25, -0.2) is 0 Å². The van der Waals surface area contributed by atoms with Gasteiger partial charge in [0.15, 0.2) is 0 Å². The van der Waals surface area contributed by atoms with E-state index in [0.717, 1.165) is 11.3 Å². The van der Waals surface area contributed by atoms with Gasteiger partial charge in [-0.1, -0.05) is 12.1 Å². The molecular weight excluding hydrogens is 216 g/mol. The van der Waals surface area contributed by atoms with Gasteiger partial charge in [-0.3, -0.25) is 4.79 Å². The Hall–Kier alpha value is -2.23. The molecule has 0 aliphatic heterocycles. The van der Waals surface area contributed by atoms with Crippen molar-refractivity contribution in [3.8, 4) is 17.0 Å². The molecule has 0 bridgehead atoms. The lowest BCUT2D eigenvalue weighted by atomic mass is 10.1. The molecule has 0 fully saturated rings. The third kappa shape index (κ3) is 2.01. The summed E-state index contributed by atoms with van der Waals surface area (Å²) in [6, 6.07) is 10.7. The Morgan fingerprint density at radius 1 is 1.24 bits per heavy atom. The number of anilines is 1. The zero-order chi connectivity index (χ0) is 12.4. The van der Waals surface area contributed by atoms with Crippen LogP contribution in [-0.2, 0) is 7.05 Å². The number of nitrogen functional groups attached to an aromatic ring is 1. The molecule has 2 aromatic rings. The number of rotatable bonds is 2. The quantitative estimate of drug-likeness (QED) is 0.853. The van der Waals surface area contributed by atoms with E-state index in [9.17, 15) is 4.79 Å². The molecule has 0 aliphatic rings. The van der Waals surface area contributed by atoms with Crippen LogP contribution in [0.4, 0.5) is 5.69 Å². The molecule has 2 N–H and O–H groups in total. The minimum absolute atomic E-state index is 0.133. The fraction of sp³-hybridized carbons (Fsp3) is 0.154. The molecule has 4 heteroatoms. The van der Waals surface area contributed by atoms with Crippen LogP contribution < -0.4 is 16.0 Å². The number of pyridine rings is 1. The summed E-state index contributed by atoms with van der Waals surface area (Å²) in [4.78, 5) is 11.7. The lowest BCUT2D eigenvalue weighted by Gasteiger charge is -2.12. The maximum atomic E-state index is 11.7. The van der Waals surface area contributed by atoms with Crippen LogP contribution in [0.1, 0.15) is 0 Å². The van der Waals surface area contributed by atoms with E-state index in [1.54, 1.807) is 24.8 Å². The zero-order valence-corrected chi connectivity index (χ0v) is 9.81. The van der Waals surface area contributed by atoms with Crippen LogP contribution in [0.3, 0.4) is 0 Å². The van der Waals surface area contributed by atoms with Crippen molar-refractivity contribution in [2.24, 2.45) is 7.05 Å². The van der Waals surface area contributed by atoms with Gasteiger partial charge in [0.25, 0.3) is 5.56 Å². The van der Waals surface area contributed by atoms with Crippen LogP contribution in [-0.4, -0.2) is 11.7 Å². The number of nitrogens with two attached hydrogens (primary N) is 1. The fourth-order valence-electron chi connectivity index (χ4n) is 1.77. The molecule has 0 unspecified atom stereocenters. The molecule has 0 aliphatic carbocycles. The van der Waals surface area contributed by atoms with Gasteiger partial charge in [0.1, 0.15) is 5.75 Å². The molecule has 1 aromatic heterocycles. The lowest BCUT2D eigenvalue weighted by Crippen LogP contribution is -2.18. The number of aromatic nitrogens is 1. The van der Waals surface area contributed by atoms with Crippen molar-refractivity contribution in [2.45, 2.75) is 0 Å². The van der Waals surface area contributed by atoms with Crippen LogP contribution >= 0.6 is 0 Å². The van der Waals surface area contributed by atoms with Crippen molar-refractivity contribution < 1.29 is 4.74 Å². The summed E-state index contributed by atoms with van der Waals surface area (Å²) in [6.07, 6.45) is 0. The molecule has 1 heterocycles. The molecule has 1 aromatic carbocycles.